The molecule has 0 heterocycles. The fourth-order valence-corrected chi connectivity index (χ4v) is 12.0. The Balaban J connectivity index is 5.55. The molecule has 5 atom stereocenters. The molecular weight excluding hydrogens is 1430 g/mol. The van der Waals surface area contributed by atoms with Crippen molar-refractivity contribution in [3.8, 4) is 0 Å². The van der Waals surface area contributed by atoms with Crippen LogP contribution in [0.25, 0.3) is 0 Å². The first-order chi connectivity index (χ1) is 53.7. The van der Waals surface area contributed by atoms with Gasteiger partial charge in [0.05, 0.1) is 26.4 Å². The van der Waals surface area contributed by atoms with Crippen LogP contribution in [0.15, 0.2) is 182 Å². The Hall–Kier alpha value is -5.84. The van der Waals surface area contributed by atoms with Crippen molar-refractivity contribution in [3.63, 3.8) is 0 Å². The maximum absolute atomic E-state index is 13.1. The van der Waals surface area contributed by atoms with E-state index in [9.17, 15) is 43.2 Å². The Bertz CT molecular complexity index is 2800. The van der Waals surface area contributed by atoms with Gasteiger partial charge in [0.1, 0.15) is 19.3 Å². The van der Waals surface area contributed by atoms with Crippen LogP contribution in [0.5, 0.6) is 0 Å². The van der Waals surface area contributed by atoms with Gasteiger partial charge in [-0.05, 0) is 173 Å². The second-order valence-electron chi connectivity index (χ2n) is 27.3. The molecule has 0 aromatic carbocycles. The molecule has 0 aliphatic heterocycles. The number of ether oxygens (including phenoxy) is 4. The van der Waals surface area contributed by atoms with Gasteiger partial charge in [-0.3, -0.25) is 37.3 Å². The zero-order valence-electron chi connectivity index (χ0n) is 68.4. The predicted molar refractivity (Wildman–Crippen MR) is 454 cm³/mol. The van der Waals surface area contributed by atoms with Gasteiger partial charge in [-0.15, -0.1) is 0 Å². The topological polar surface area (TPSA) is 237 Å². The molecule has 2 unspecified atom stereocenters. The number of hydrogen-bond donors (Lipinski definition) is 3. The summed E-state index contributed by atoms with van der Waals surface area (Å²) in [6.45, 7) is 4.50. The summed E-state index contributed by atoms with van der Waals surface area (Å²) >= 11 is 0. The molecule has 0 amide bonds. The molecule has 17 nitrogen and oxygen atoms in total. The molecule has 3 N–H and O–H groups in total. The van der Waals surface area contributed by atoms with Gasteiger partial charge in [-0.2, -0.15) is 0 Å². The molecule has 110 heavy (non-hydrogen) atoms. The van der Waals surface area contributed by atoms with Crippen molar-refractivity contribution < 1.29 is 80.2 Å². The summed E-state index contributed by atoms with van der Waals surface area (Å²) in [5, 5.41) is 10.7. The summed E-state index contributed by atoms with van der Waals surface area (Å²) in [7, 11) is -10.0. The molecule has 19 heteroatoms. The van der Waals surface area contributed by atoms with Crippen molar-refractivity contribution in [2.75, 3.05) is 39.6 Å². The number of hydrogen-bond acceptors (Lipinski definition) is 15. The number of rotatable bonds is 77. The number of esters is 4. The average molecular weight is 1580 g/mol. The zero-order valence-corrected chi connectivity index (χ0v) is 70.1. The number of phosphoric ester groups is 2. The van der Waals surface area contributed by atoms with Gasteiger partial charge < -0.3 is 33.8 Å². The highest BCUT2D eigenvalue weighted by Gasteiger charge is 2.30. The molecule has 0 spiro atoms. The summed E-state index contributed by atoms with van der Waals surface area (Å²) in [6, 6.07) is 0. The summed E-state index contributed by atoms with van der Waals surface area (Å²) in [5.41, 5.74) is 0. The van der Waals surface area contributed by atoms with Crippen LogP contribution in [0.3, 0.4) is 0 Å². The Morgan fingerprint density at radius 1 is 0.264 bits per heavy atom. The highest BCUT2D eigenvalue weighted by molar-refractivity contribution is 7.47. The largest absolute Gasteiger partial charge is 0.472 e. The maximum Gasteiger partial charge on any atom is 0.472 e. The van der Waals surface area contributed by atoms with Crippen LogP contribution in [0.4, 0.5) is 0 Å². The van der Waals surface area contributed by atoms with E-state index in [0.29, 0.717) is 38.5 Å². The Labute approximate surface area is 666 Å². The van der Waals surface area contributed by atoms with E-state index >= 15 is 0 Å². The molecule has 0 rings (SSSR count). The normalized spacial score (nSPS) is 14.7. The molecule has 0 radical (unpaired) electrons. The first kappa shape index (κ1) is 104. The predicted octanol–water partition coefficient (Wildman–Crippen LogP) is 25.1. The number of allylic oxidation sites excluding steroid dienone is 30. The molecule has 0 fully saturated rings. The van der Waals surface area contributed by atoms with E-state index in [2.05, 4.69) is 180 Å². The number of aliphatic hydroxyl groups excluding tert-OH is 1. The lowest BCUT2D eigenvalue weighted by atomic mass is 10.1. The van der Waals surface area contributed by atoms with Crippen molar-refractivity contribution in [1.82, 2.24) is 0 Å². The van der Waals surface area contributed by atoms with Crippen molar-refractivity contribution in [2.45, 2.75) is 329 Å². The lowest BCUT2D eigenvalue weighted by molar-refractivity contribution is -0.161. The van der Waals surface area contributed by atoms with E-state index in [4.69, 9.17) is 37.0 Å². The second-order valence-corrected chi connectivity index (χ2v) is 30.2. The SMILES string of the molecule is CC/C=C\C/C=C\C/C=C\C/C=C\C/C=C\CCCCCC(=O)O[C@H](COC(=O)CCCCCCCCC/C=C\CCCCCC)COP(=O)(O)OC[C@H](O)COP(=O)(O)OC[C@@H](COC(=O)CCC/C=C\C/C=C\C/C=C\C/C=C\CCCCC)OC(=O)CC/C=C\C/C=C\C/C=C\C/C=C\C/C=C\CCCCC. The van der Waals surface area contributed by atoms with E-state index in [0.717, 1.165) is 154 Å². The fraction of sp³-hybridized carbons (Fsp3) is 0.626. The van der Waals surface area contributed by atoms with E-state index in [1.807, 2.05) is 30.4 Å². The first-order valence-corrected chi connectivity index (χ1v) is 45.0. The first-order valence-electron chi connectivity index (χ1n) is 42.0. The number of aliphatic hydroxyl groups is 1. The quantitative estimate of drug-likeness (QED) is 0.0169. The monoisotopic (exact) mass is 1580 g/mol. The zero-order chi connectivity index (χ0) is 80.3. The van der Waals surface area contributed by atoms with Crippen LogP contribution in [-0.4, -0.2) is 96.7 Å². The van der Waals surface area contributed by atoms with Crippen molar-refractivity contribution >= 4 is 39.5 Å². The van der Waals surface area contributed by atoms with E-state index in [1.54, 1.807) is 0 Å². The minimum atomic E-state index is -5.02. The highest BCUT2D eigenvalue weighted by Crippen LogP contribution is 2.45. The summed E-state index contributed by atoms with van der Waals surface area (Å²) in [5.74, 6) is -2.39. The molecule has 0 bridgehead atoms. The van der Waals surface area contributed by atoms with Gasteiger partial charge >= 0.3 is 39.5 Å². The molecule has 0 aliphatic rings. The van der Waals surface area contributed by atoms with Crippen molar-refractivity contribution in [2.24, 2.45) is 0 Å². The van der Waals surface area contributed by atoms with Gasteiger partial charge in [0.15, 0.2) is 12.2 Å². The van der Waals surface area contributed by atoms with Gasteiger partial charge in [0, 0.05) is 25.7 Å². The third kappa shape index (κ3) is 80.2. The summed E-state index contributed by atoms with van der Waals surface area (Å²) in [6.07, 6.45) is 98.8. The van der Waals surface area contributed by atoms with Crippen molar-refractivity contribution in [3.05, 3.63) is 182 Å². The smallest absolute Gasteiger partial charge is 0.462 e. The molecule has 0 saturated carbocycles. The summed E-state index contributed by atoms with van der Waals surface area (Å²) in [4.78, 5) is 73.2. The molecule has 624 valence electrons. The van der Waals surface area contributed by atoms with Crippen LogP contribution in [0.1, 0.15) is 310 Å². The van der Waals surface area contributed by atoms with Crippen LogP contribution in [0, 0.1) is 0 Å². The Morgan fingerprint density at radius 2 is 0.500 bits per heavy atom. The van der Waals surface area contributed by atoms with E-state index < -0.39 is 97.5 Å². The lowest BCUT2D eigenvalue weighted by Crippen LogP contribution is -2.30. The average Bonchev–Trinajstić information content (AvgIpc) is 0.905. The van der Waals surface area contributed by atoms with Gasteiger partial charge in [-0.25, -0.2) is 9.13 Å². The number of carbonyl (C=O) groups is 4. The molecule has 0 saturated heterocycles. The molecule has 0 aromatic heterocycles. The van der Waals surface area contributed by atoms with Crippen LogP contribution in [0.2, 0.25) is 0 Å². The minimum Gasteiger partial charge on any atom is -0.462 e. The van der Waals surface area contributed by atoms with Gasteiger partial charge in [-0.1, -0.05) is 293 Å². The Kier molecular flexibility index (Phi) is 76.9. The van der Waals surface area contributed by atoms with Crippen LogP contribution >= 0.6 is 15.6 Å². The van der Waals surface area contributed by atoms with Crippen molar-refractivity contribution in [1.29, 1.82) is 0 Å². The van der Waals surface area contributed by atoms with Gasteiger partial charge in [0.25, 0.3) is 0 Å². The number of unbranched alkanes of at least 4 members (excludes halogenated alkanes) is 21. The molecular formula is C91H148O17P2. The number of carbonyl (C=O) groups excluding carboxylic acids is 4. The fourth-order valence-electron chi connectivity index (χ4n) is 10.5. The van der Waals surface area contributed by atoms with Crippen LogP contribution < -0.4 is 0 Å². The van der Waals surface area contributed by atoms with E-state index in [-0.39, 0.29) is 25.7 Å². The highest BCUT2D eigenvalue weighted by atomic mass is 31.2. The Morgan fingerprint density at radius 3 is 0.855 bits per heavy atom. The van der Waals surface area contributed by atoms with Crippen LogP contribution in [-0.2, 0) is 65.4 Å². The standard InChI is InChI=1S/C91H148O17P2/c1-5-9-13-17-21-25-29-33-37-40-42-45-49-53-57-61-65-69-73-77-90(95)107-86(81-101-88(93)75-71-67-63-59-55-51-47-36-32-28-24-20-16-12-8-4)83-105-109(97,98)103-79-85(92)80-104-110(99,100)106-84-87(82-102-89(94)76-72-68-64-60-56-52-48-44-39-35-31-27-23-19-15-11-7-3)108-91(96)78-74-70-66-62-58-54-50-46-43-41-38-34-30-26-22-18-14-10-6-2/h9,13,21-23,25-28,32-35,37-39,42-43,45-46,48,52-54,57-58,60,64,66,70,85-87,92H,5-8,10-12,14-20,24,29-31,36,40-41,44,47,49-51,55-56,59,61-63,65,67-69,71-84H2,1-4H3,(H,97,98)(H,99,100)/b13-9-,25-21-,26-22-,27-23-,32-28-,37-33-,38-34-,39-35-,45-42-,46-43-,52-48-,57-53-,58-54-,64-60-,70-66-/t85-,86+,87+/m0/s1. The maximum atomic E-state index is 13.1. The third-order valence-corrected chi connectivity index (χ3v) is 18.7. The third-order valence-electron chi connectivity index (χ3n) is 16.8. The minimum absolute atomic E-state index is 0.0455. The van der Waals surface area contributed by atoms with E-state index in [1.165, 1.54) is 64.2 Å². The molecule has 0 aliphatic carbocycles. The second kappa shape index (κ2) is 81.2. The van der Waals surface area contributed by atoms with Gasteiger partial charge in [0.2, 0.25) is 0 Å². The number of phosphoric acid groups is 2. The lowest BCUT2D eigenvalue weighted by Gasteiger charge is -2.21. The summed E-state index contributed by atoms with van der Waals surface area (Å²) < 4.78 is 68.6. The molecule has 0 aromatic rings.